The molecule has 0 aliphatic heterocycles. The summed E-state index contributed by atoms with van der Waals surface area (Å²) in [5, 5.41) is 6.65. The Morgan fingerprint density at radius 3 is 2.36 bits per heavy atom. The minimum atomic E-state index is 0.533. The molecule has 0 heterocycles. The van der Waals surface area contributed by atoms with Crippen molar-refractivity contribution in [3.05, 3.63) is 53.6 Å². The lowest BCUT2D eigenvalue weighted by Gasteiger charge is -2.14. The van der Waals surface area contributed by atoms with E-state index in [1.54, 1.807) is 7.11 Å². The van der Waals surface area contributed by atoms with Crippen molar-refractivity contribution in [2.24, 2.45) is 4.99 Å². The Morgan fingerprint density at radius 1 is 0.893 bits per heavy atom. The Balaban J connectivity index is 2.06. The number of methoxy groups -OCH3 is 1. The lowest BCUT2D eigenvalue weighted by atomic mass is 10.2. The van der Waals surface area contributed by atoms with Gasteiger partial charge in [-0.1, -0.05) is 24.3 Å². The van der Waals surface area contributed by atoms with Crippen LogP contribution in [-0.2, 0) is 13.1 Å². The molecule has 0 unspecified atom stereocenters. The van der Waals surface area contributed by atoms with Crippen molar-refractivity contribution >= 4 is 5.96 Å². The molecule has 0 saturated heterocycles. The van der Waals surface area contributed by atoms with Crippen molar-refractivity contribution in [1.82, 2.24) is 10.6 Å². The first-order valence-corrected chi connectivity index (χ1v) is 9.74. The number of hydrogen-bond acceptors (Lipinski definition) is 4. The Labute approximate surface area is 167 Å². The molecule has 0 spiro atoms. The molecule has 0 aliphatic carbocycles. The van der Waals surface area contributed by atoms with Crippen molar-refractivity contribution in [2.45, 2.75) is 33.9 Å². The molecular weight excluding hydrogens is 354 g/mol. The van der Waals surface area contributed by atoms with E-state index in [1.165, 1.54) is 0 Å². The lowest BCUT2D eigenvalue weighted by molar-refractivity contribution is 0.310. The first kappa shape index (κ1) is 21.4. The number of nitrogens with zero attached hydrogens (tertiary/aromatic N) is 1. The van der Waals surface area contributed by atoms with Gasteiger partial charge in [0.25, 0.3) is 0 Å². The fraction of sp³-hybridized carbons (Fsp3) is 0.409. The smallest absolute Gasteiger partial charge is 0.191 e. The third-order valence-corrected chi connectivity index (χ3v) is 4.01. The Kier molecular flexibility index (Phi) is 8.98. The Morgan fingerprint density at radius 2 is 1.64 bits per heavy atom. The van der Waals surface area contributed by atoms with Gasteiger partial charge in [0.15, 0.2) is 17.5 Å². The predicted molar refractivity (Wildman–Crippen MR) is 113 cm³/mol. The summed E-state index contributed by atoms with van der Waals surface area (Å²) in [6.07, 6.45) is 0. The van der Waals surface area contributed by atoms with Gasteiger partial charge in [-0.05, 0) is 44.5 Å². The normalized spacial score (nSPS) is 11.1. The van der Waals surface area contributed by atoms with Crippen LogP contribution in [0, 0.1) is 0 Å². The zero-order valence-electron chi connectivity index (χ0n) is 17.2. The van der Waals surface area contributed by atoms with Crippen molar-refractivity contribution < 1.29 is 14.2 Å². The topological polar surface area (TPSA) is 64.1 Å². The molecular formula is C22H31N3O3. The molecule has 0 aliphatic rings. The van der Waals surface area contributed by atoms with Gasteiger partial charge in [-0.25, -0.2) is 4.99 Å². The highest BCUT2D eigenvalue weighted by Crippen LogP contribution is 2.28. The molecule has 152 valence electrons. The maximum Gasteiger partial charge on any atom is 0.191 e. The molecule has 2 aromatic carbocycles. The highest BCUT2D eigenvalue weighted by molar-refractivity contribution is 5.79. The van der Waals surface area contributed by atoms with Gasteiger partial charge < -0.3 is 24.8 Å². The van der Waals surface area contributed by atoms with Crippen LogP contribution >= 0.6 is 0 Å². The van der Waals surface area contributed by atoms with Gasteiger partial charge in [0.1, 0.15) is 5.75 Å². The number of benzene rings is 2. The fourth-order valence-electron chi connectivity index (χ4n) is 2.72. The molecule has 0 radical (unpaired) electrons. The quantitative estimate of drug-likeness (QED) is 0.482. The maximum atomic E-state index is 5.69. The SMILES string of the molecule is CCNC(=NCc1ccc(OCC)c(OC)c1)NCc1ccccc1OCC. The standard InChI is InChI=1S/C22H31N3O3/c1-5-23-22(25-16-18-10-8-9-11-19(18)27-6-2)24-15-17-12-13-20(28-7-3)21(14-17)26-4/h8-14H,5-7,15-16H2,1-4H3,(H2,23,24,25). The van der Waals surface area contributed by atoms with E-state index in [4.69, 9.17) is 14.2 Å². The van der Waals surface area contributed by atoms with Crippen molar-refractivity contribution in [3.8, 4) is 17.2 Å². The largest absolute Gasteiger partial charge is 0.494 e. The molecule has 2 aromatic rings. The number of para-hydroxylation sites is 1. The van der Waals surface area contributed by atoms with Crippen LogP contribution in [0.15, 0.2) is 47.5 Å². The summed E-state index contributed by atoms with van der Waals surface area (Å²) in [6.45, 7) is 9.18. The molecule has 6 heteroatoms. The van der Waals surface area contributed by atoms with E-state index in [-0.39, 0.29) is 0 Å². The van der Waals surface area contributed by atoms with Gasteiger partial charge in [0, 0.05) is 18.7 Å². The fourth-order valence-corrected chi connectivity index (χ4v) is 2.72. The number of nitrogens with one attached hydrogen (secondary N) is 2. The van der Waals surface area contributed by atoms with Crippen LogP contribution in [0.1, 0.15) is 31.9 Å². The Hall–Kier alpha value is -2.89. The molecule has 0 amide bonds. The molecule has 0 atom stereocenters. The van der Waals surface area contributed by atoms with Crippen LogP contribution in [0.4, 0.5) is 0 Å². The van der Waals surface area contributed by atoms with E-state index in [2.05, 4.69) is 21.7 Å². The number of rotatable bonds is 10. The summed E-state index contributed by atoms with van der Waals surface area (Å²) < 4.78 is 16.7. The van der Waals surface area contributed by atoms with E-state index in [0.29, 0.717) is 26.3 Å². The predicted octanol–water partition coefficient (Wildman–Crippen LogP) is 3.75. The number of hydrogen-bond donors (Lipinski definition) is 2. The van der Waals surface area contributed by atoms with E-state index < -0.39 is 0 Å². The first-order valence-electron chi connectivity index (χ1n) is 9.74. The van der Waals surface area contributed by atoms with Crippen LogP contribution in [-0.4, -0.2) is 32.8 Å². The average molecular weight is 386 g/mol. The van der Waals surface area contributed by atoms with Gasteiger partial charge in [-0.2, -0.15) is 0 Å². The van der Waals surface area contributed by atoms with Crippen LogP contribution in [0.5, 0.6) is 17.2 Å². The Bertz CT molecular complexity index is 762. The van der Waals surface area contributed by atoms with Crippen LogP contribution in [0.25, 0.3) is 0 Å². The van der Waals surface area contributed by atoms with Gasteiger partial charge in [-0.3, -0.25) is 0 Å². The van der Waals surface area contributed by atoms with Crippen molar-refractivity contribution in [3.63, 3.8) is 0 Å². The molecule has 6 nitrogen and oxygen atoms in total. The second-order valence-electron chi connectivity index (χ2n) is 6.01. The lowest BCUT2D eigenvalue weighted by Crippen LogP contribution is -2.36. The van der Waals surface area contributed by atoms with E-state index >= 15 is 0 Å². The highest BCUT2D eigenvalue weighted by atomic mass is 16.5. The zero-order chi connectivity index (χ0) is 20.2. The molecule has 0 bridgehead atoms. The van der Waals surface area contributed by atoms with Gasteiger partial charge in [0.2, 0.25) is 0 Å². The first-order chi connectivity index (χ1) is 13.7. The summed E-state index contributed by atoms with van der Waals surface area (Å²) >= 11 is 0. The second-order valence-corrected chi connectivity index (χ2v) is 6.01. The molecule has 0 saturated carbocycles. The number of aliphatic imine (C=N–C) groups is 1. The monoisotopic (exact) mass is 385 g/mol. The third-order valence-electron chi connectivity index (χ3n) is 4.01. The summed E-state index contributed by atoms with van der Waals surface area (Å²) in [4.78, 5) is 4.68. The minimum Gasteiger partial charge on any atom is -0.494 e. The average Bonchev–Trinajstić information content (AvgIpc) is 2.72. The van der Waals surface area contributed by atoms with Gasteiger partial charge in [-0.15, -0.1) is 0 Å². The second kappa shape index (κ2) is 11.7. The van der Waals surface area contributed by atoms with Crippen molar-refractivity contribution in [2.75, 3.05) is 26.9 Å². The van der Waals surface area contributed by atoms with Crippen LogP contribution in [0.3, 0.4) is 0 Å². The van der Waals surface area contributed by atoms with Crippen molar-refractivity contribution in [1.29, 1.82) is 0 Å². The van der Waals surface area contributed by atoms with Gasteiger partial charge >= 0.3 is 0 Å². The number of ether oxygens (including phenoxy) is 3. The summed E-state index contributed by atoms with van der Waals surface area (Å²) in [5.74, 6) is 3.11. The van der Waals surface area contributed by atoms with E-state index in [1.807, 2.05) is 57.2 Å². The highest BCUT2D eigenvalue weighted by Gasteiger charge is 2.07. The number of guanidine groups is 1. The summed E-state index contributed by atoms with van der Waals surface area (Å²) in [6, 6.07) is 13.9. The summed E-state index contributed by atoms with van der Waals surface area (Å²) in [7, 11) is 1.65. The van der Waals surface area contributed by atoms with Crippen LogP contribution < -0.4 is 24.8 Å². The van der Waals surface area contributed by atoms with Crippen LogP contribution in [0.2, 0.25) is 0 Å². The maximum absolute atomic E-state index is 5.69. The molecule has 0 aromatic heterocycles. The molecule has 2 N–H and O–H groups in total. The molecule has 0 fully saturated rings. The zero-order valence-corrected chi connectivity index (χ0v) is 17.2. The minimum absolute atomic E-state index is 0.533. The van der Waals surface area contributed by atoms with E-state index in [9.17, 15) is 0 Å². The molecule has 28 heavy (non-hydrogen) atoms. The molecule has 2 rings (SSSR count). The van der Waals surface area contributed by atoms with Gasteiger partial charge in [0.05, 0.1) is 26.9 Å². The summed E-state index contributed by atoms with van der Waals surface area (Å²) in [5.41, 5.74) is 2.14. The third kappa shape index (κ3) is 6.37. The van der Waals surface area contributed by atoms with E-state index in [0.717, 1.165) is 40.9 Å².